The van der Waals surface area contributed by atoms with Gasteiger partial charge in [-0.15, -0.1) is 0 Å². The normalized spacial score (nSPS) is 29.8. The van der Waals surface area contributed by atoms with Gasteiger partial charge in [-0.05, 0) is 26.7 Å². The lowest BCUT2D eigenvalue weighted by Crippen LogP contribution is -2.50. The van der Waals surface area contributed by atoms with Crippen molar-refractivity contribution in [3.8, 4) is 0 Å². The van der Waals surface area contributed by atoms with E-state index in [1.807, 2.05) is 12.2 Å². The van der Waals surface area contributed by atoms with Crippen LogP contribution >= 0.6 is 0 Å². The van der Waals surface area contributed by atoms with Crippen LogP contribution < -0.4 is 0 Å². The van der Waals surface area contributed by atoms with E-state index in [1.165, 1.54) is 4.90 Å². The zero-order chi connectivity index (χ0) is 11.9. The molecule has 88 valence electrons. The first kappa shape index (κ1) is 11.3. The molecule has 2 amide bonds. The molecule has 1 fully saturated rings. The third-order valence-corrected chi connectivity index (χ3v) is 3.50. The number of hydrogen-bond donors (Lipinski definition) is 1. The van der Waals surface area contributed by atoms with Gasteiger partial charge in [0.05, 0.1) is 24.0 Å². The van der Waals surface area contributed by atoms with Crippen LogP contribution in [0.2, 0.25) is 0 Å². The SMILES string of the molecule is CC(C)(CO)N1C(=O)C2CC=CCC2C1=O. The van der Waals surface area contributed by atoms with E-state index in [1.54, 1.807) is 13.8 Å². The molecule has 2 atom stereocenters. The molecular formula is C12H17NO3. The number of imide groups is 1. The van der Waals surface area contributed by atoms with Gasteiger partial charge in [-0.3, -0.25) is 14.5 Å². The Kier molecular flexibility index (Phi) is 2.62. The van der Waals surface area contributed by atoms with Crippen molar-refractivity contribution in [2.24, 2.45) is 11.8 Å². The second-order valence-corrected chi connectivity index (χ2v) is 5.14. The van der Waals surface area contributed by atoms with Crippen molar-refractivity contribution >= 4 is 11.8 Å². The largest absolute Gasteiger partial charge is 0.394 e. The minimum atomic E-state index is -0.786. The molecule has 0 saturated carbocycles. The molecule has 0 aromatic carbocycles. The van der Waals surface area contributed by atoms with Gasteiger partial charge >= 0.3 is 0 Å². The van der Waals surface area contributed by atoms with Crippen LogP contribution in [0.15, 0.2) is 12.2 Å². The van der Waals surface area contributed by atoms with Crippen molar-refractivity contribution in [1.82, 2.24) is 4.90 Å². The van der Waals surface area contributed by atoms with Crippen molar-refractivity contribution in [2.75, 3.05) is 6.61 Å². The van der Waals surface area contributed by atoms with Crippen molar-refractivity contribution in [2.45, 2.75) is 32.2 Å². The Hall–Kier alpha value is -1.16. The van der Waals surface area contributed by atoms with Crippen LogP contribution in [-0.2, 0) is 9.59 Å². The van der Waals surface area contributed by atoms with Gasteiger partial charge in [-0.1, -0.05) is 12.2 Å². The molecule has 2 unspecified atom stereocenters. The molecule has 0 bridgehead atoms. The van der Waals surface area contributed by atoms with E-state index in [9.17, 15) is 14.7 Å². The van der Waals surface area contributed by atoms with Crippen molar-refractivity contribution in [1.29, 1.82) is 0 Å². The highest BCUT2D eigenvalue weighted by Crippen LogP contribution is 2.38. The molecule has 0 aromatic rings. The second kappa shape index (κ2) is 3.70. The minimum absolute atomic E-state index is 0.126. The van der Waals surface area contributed by atoms with E-state index in [0.29, 0.717) is 12.8 Å². The van der Waals surface area contributed by atoms with E-state index < -0.39 is 5.54 Å². The number of fused-ring (bicyclic) bond motifs is 1. The van der Waals surface area contributed by atoms with Gasteiger partial charge in [0, 0.05) is 0 Å². The maximum absolute atomic E-state index is 12.1. The Morgan fingerprint density at radius 3 is 2.06 bits per heavy atom. The third-order valence-electron chi connectivity index (χ3n) is 3.50. The summed E-state index contributed by atoms with van der Waals surface area (Å²) in [6, 6.07) is 0. The number of aliphatic hydroxyl groups is 1. The van der Waals surface area contributed by atoms with Crippen LogP contribution in [0.3, 0.4) is 0 Å². The molecule has 1 N–H and O–H groups in total. The number of aliphatic hydroxyl groups excluding tert-OH is 1. The lowest BCUT2D eigenvalue weighted by molar-refractivity contribution is -0.147. The van der Waals surface area contributed by atoms with Crippen LogP contribution in [0, 0.1) is 11.8 Å². The fourth-order valence-corrected chi connectivity index (χ4v) is 2.47. The number of carbonyl (C=O) groups excluding carboxylic acids is 2. The molecule has 4 nitrogen and oxygen atoms in total. The van der Waals surface area contributed by atoms with Gasteiger partial charge in [-0.2, -0.15) is 0 Å². The van der Waals surface area contributed by atoms with E-state index in [0.717, 1.165) is 0 Å². The van der Waals surface area contributed by atoms with Crippen LogP contribution in [0.4, 0.5) is 0 Å². The van der Waals surface area contributed by atoms with Crippen LogP contribution in [-0.4, -0.2) is 34.0 Å². The van der Waals surface area contributed by atoms with Gasteiger partial charge in [0.15, 0.2) is 0 Å². The number of amides is 2. The molecule has 2 rings (SSSR count). The smallest absolute Gasteiger partial charge is 0.234 e. The van der Waals surface area contributed by atoms with E-state index in [2.05, 4.69) is 0 Å². The molecule has 1 aliphatic carbocycles. The summed E-state index contributed by atoms with van der Waals surface area (Å²) in [5, 5.41) is 9.26. The molecule has 0 spiro atoms. The number of likely N-dealkylation sites (tertiary alicyclic amines) is 1. The summed E-state index contributed by atoms with van der Waals surface area (Å²) < 4.78 is 0. The van der Waals surface area contributed by atoms with Crippen LogP contribution in [0.1, 0.15) is 26.7 Å². The third kappa shape index (κ3) is 1.48. The number of hydrogen-bond acceptors (Lipinski definition) is 3. The topological polar surface area (TPSA) is 57.6 Å². The van der Waals surface area contributed by atoms with Gasteiger partial charge in [0.1, 0.15) is 0 Å². The Morgan fingerprint density at radius 2 is 1.69 bits per heavy atom. The maximum atomic E-state index is 12.1. The van der Waals surface area contributed by atoms with E-state index >= 15 is 0 Å². The first-order valence-electron chi connectivity index (χ1n) is 5.63. The van der Waals surface area contributed by atoms with Crippen LogP contribution in [0.5, 0.6) is 0 Å². The lowest BCUT2D eigenvalue weighted by atomic mass is 9.85. The summed E-state index contributed by atoms with van der Waals surface area (Å²) in [6.07, 6.45) is 5.21. The van der Waals surface area contributed by atoms with Gasteiger partial charge in [-0.25, -0.2) is 0 Å². The fraction of sp³-hybridized carbons (Fsp3) is 0.667. The van der Waals surface area contributed by atoms with Gasteiger partial charge < -0.3 is 5.11 Å². The van der Waals surface area contributed by atoms with Gasteiger partial charge in [0.25, 0.3) is 0 Å². The summed E-state index contributed by atoms with van der Waals surface area (Å²) in [5.41, 5.74) is -0.786. The standard InChI is InChI=1S/C12H17NO3/c1-12(2,7-14)13-10(15)8-5-3-4-6-9(8)11(13)16/h3-4,8-9,14H,5-7H2,1-2H3. The predicted molar refractivity (Wildman–Crippen MR) is 58.4 cm³/mol. The Morgan fingerprint density at radius 1 is 1.25 bits per heavy atom. The predicted octanol–water partition coefficient (Wildman–Crippen LogP) is 0.708. The number of allylic oxidation sites excluding steroid dienone is 2. The average molecular weight is 223 g/mol. The highest BCUT2D eigenvalue weighted by atomic mass is 16.3. The lowest BCUT2D eigenvalue weighted by Gasteiger charge is -2.32. The van der Waals surface area contributed by atoms with Crippen molar-refractivity contribution < 1.29 is 14.7 Å². The molecule has 4 heteroatoms. The zero-order valence-electron chi connectivity index (χ0n) is 9.64. The molecule has 0 radical (unpaired) electrons. The summed E-state index contributed by atoms with van der Waals surface area (Å²) in [4.78, 5) is 25.5. The first-order chi connectivity index (χ1) is 7.49. The van der Waals surface area contributed by atoms with E-state index in [-0.39, 0.29) is 30.3 Å². The minimum Gasteiger partial charge on any atom is -0.394 e. The summed E-state index contributed by atoms with van der Waals surface area (Å²) in [7, 11) is 0. The summed E-state index contributed by atoms with van der Waals surface area (Å²) in [6.45, 7) is 3.23. The highest BCUT2D eigenvalue weighted by molar-refractivity contribution is 6.06. The molecule has 1 saturated heterocycles. The second-order valence-electron chi connectivity index (χ2n) is 5.14. The van der Waals surface area contributed by atoms with E-state index in [4.69, 9.17) is 0 Å². The molecule has 16 heavy (non-hydrogen) atoms. The summed E-state index contributed by atoms with van der Waals surface area (Å²) in [5.74, 6) is -0.663. The molecule has 0 aromatic heterocycles. The Bertz CT molecular complexity index is 333. The average Bonchev–Trinajstić information content (AvgIpc) is 2.53. The van der Waals surface area contributed by atoms with Crippen molar-refractivity contribution in [3.63, 3.8) is 0 Å². The number of nitrogens with zero attached hydrogens (tertiary/aromatic N) is 1. The zero-order valence-corrected chi connectivity index (χ0v) is 9.64. The molecule has 2 aliphatic rings. The molecule has 1 heterocycles. The Balaban J connectivity index is 2.31. The summed E-state index contributed by atoms with van der Waals surface area (Å²) >= 11 is 0. The molecular weight excluding hydrogens is 206 g/mol. The van der Waals surface area contributed by atoms with Gasteiger partial charge in [0.2, 0.25) is 11.8 Å². The quantitative estimate of drug-likeness (QED) is 0.554. The molecule has 1 aliphatic heterocycles. The monoisotopic (exact) mass is 223 g/mol. The van der Waals surface area contributed by atoms with Crippen molar-refractivity contribution in [3.05, 3.63) is 12.2 Å². The highest BCUT2D eigenvalue weighted by Gasteiger charge is 2.51. The fourth-order valence-electron chi connectivity index (χ4n) is 2.47. The number of rotatable bonds is 2. The van der Waals surface area contributed by atoms with Crippen LogP contribution in [0.25, 0.3) is 0 Å². The first-order valence-corrected chi connectivity index (χ1v) is 5.63. The maximum Gasteiger partial charge on any atom is 0.234 e. The Labute approximate surface area is 94.9 Å². The number of carbonyl (C=O) groups is 2.